The molecule has 2 heterocycles. The molecule has 9 rings (SSSR count). The zero-order valence-electron chi connectivity index (χ0n) is 21.1. The molecule has 1 aliphatic heterocycles. The third-order valence-corrected chi connectivity index (χ3v) is 13.3. The number of fused-ring (bicyclic) bond motifs is 2. The summed E-state index contributed by atoms with van der Waals surface area (Å²) < 4.78 is 14.3. The van der Waals surface area contributed by atoms with Gasteiger partial charge in [-0.2, -0.15) is 0 Å². The van der Waals surface area contributed by atoms with Gasteiger partial charge in [0, 0.05) is 28.4 Å². The number of phenols is 1. The number of halogens is 1. The van der Waals surface area contributed by atoms with Crippen molar-refractivity contribution in [3.8, 4) is 11.5 Å². The van der Waals surface area contributed by atoms with E-state index in [0.29, 0.717) is 16.0 Å². The Bertz CT molecular complexity index is 1270. The monoisotopic (exact) mass is 526 g/mol. The lowest BCUT2D eigenvalue weighted by atomic mass is 9.28. The van der Waals surface area contributed by atoms with E-state index in [-0.39, 0.29) is 22.7 Å². The molecule has 2 N–H and O–H groups in total. The standard InChI is InChI=1S/C30H35ClO4S/c1-27(25(33)21-7-8-22(31)36-21)15-28-11-12-30(27,34-2)26-29(28)10-9-17(13-16-3-4-16)19(28)14-18-5-6-20(32)24(35-26)23(18)29/h5-8,16-17,19,25-26,32-33H,3-4,9-15H2,1-2H3/t17?,19-,25+,26+,27+,28+,29-,30-/m0/s1. The van der Waals surface area contributed by atoms with Gasteiger partial charge in [-0.15, -0.1) is 11.3 Å². The van der Waals surface area contributed by atoms with Crippen LogP contribution in [0.15, 0.2) is 24.3 Å². The zero-order valence-corrected chi connectivity index (χ0v) is 22.6. The molecule has 1 aromatic carbocycles. The van der Waals surface area contributed by atoms with Crippen molar-refractivity contribution >= 4 is 22.9 Å². The largest absolute Gasteiger partial charge is 0.504 e. The van der Waals surface area contributed by atoms with E-state index in [2.05, 4.69) is 13.0 Å². The van der Waals surface area contributed by atoms with Gasteiger partial charge in [0.05, 0.1) is 10.4 Å². The molecular formula is C30H35ClO4S. The Labute approximate surface area is 222 Å². The van der Waals surface area contributed by atoms with E-state index >= 15 is 0 Å². The predicted octanol–water partition coefficient (Wildman–Crippen LogP) is 6.80. The normalized spacial score (nSPS) is 44.3. The van der Waals surface area contributed by atoms with Crippen LogP contribution >= 0.6 is 22.9 Å². The van der Waals surface area contributed by atoms with Crippen LogP contribution in [0.2, 0.25) is 4.34 Å². The van der Waals surface area contributed by atoms with Gasteiger partial charge in [-0.25, -0.2) is 0 Å². The van der Waals surface area contributed by atoms with Gasteiger partial charge in [0.1, 0.15) is 11.7 Å². The first-order valence-electron chi connectivity index (χ1n) is 13.8. The second-order valence-corrected chi connectivity index (χ2v) is 14.8. The van der Waals surface area contributed by atoms with E-state index in [1.54, 1.807) is 0 Å². The van der Waals surface area contributed by atoms with E-state index in [1.165, 1.54) is 48.1 Å². The number of thiophene rings is 1. The third kappa shape index (κ3) is 2.38. The Hall–Kier alpha value is -1.27. The molecule has 5 saturated carbocycles. The van der Waals surface area contributed by atoms with Crippen molar-refractivity contribution in [3.63, 3.8) is 0 Å². The molecule has 2 spiro atoms. The molecular weight excluding hydrogens is 492 g/mol. The average Bonchev–Trinajstić information content (AvgIpc) is 3.45. The minimum atomic E-state index is -0.686. The lowest BCUT2D eigenvalue weighted by Gasteiger charge is -2.76. The molecule has 0 amide bonds. The van der Waals surface area contributed by atoms with Crippen LogP contribution < -0.4 is 4.74 Å². The van der Waals surface area contributed by atoms with Crippen molar-refractivity contribution in [2.45, 2.75) is 87.9 Å². The highest BCUT2D eigenvalue weighted by atomic mass is 35.5. The number of hydrogen-bond donors (Lipinski definition) is 2. The molecule has 192 valence electrons. The lowest BCUT2D eigenvalue weighted by Crippen LogP contribution is -2.81. The van der Waals surface area contributed by atoms with Gasteiger partial charge in [-0.1, -0.05) is 37.4 Å². The van der Waals surface area contributed by atoms with Crippen molar-refractivity contribution in [1.29, 1.82) is 0 Å². The minimum Gasteiger partial charge on any atom is -0.504 e. The van der Waals surface area contributed by atoms with E-state index in [1.807, 2.05) is 25.3 Å². The Morgan fingerprint density at radius 1 is 1.17 bits per heavy atom. The molecule has 4 bridgehead atoms. The molecule has 0 radical (unpaired) electrons. The van der Waals surface area contributed by atoms with Gasteiger partial charge in [-0.3, -0.25) is 0 Å². The van der Waals surface area contributed by atoms with E-state index in [9.17, 15) is 10.2 Å². The smallest absolute Gasteiger partial charge is 0.165 e. The van der Waals surface area contributed by atoms with Crippen LogP contribution in [0.25, 0.3) is 0 Å². The highest BCUT2D eigenvalue weighted by molar-refractivity contribution is 7.16. The van der Waals surface area contributed by atoms with Crippen LogP contribution in [-0.2, 0) is 16.6 Å². The summed E-state index contributed by atoms with van der Waals surface area (Å²) in [6.45, 7) is 2.25. The summed E-state index contributed by atoms with van der Waals surface area (Å²) in [6, 6.07) is 7.88. The molecule has 8 atom stereocenters. The third-order valence-electron chi connectivity index (χ3n) is 12.0. The summed E-state index contributed by atoms with van der Waals surface area (Å²) in [7, 11) is 1.81. The summed E-state index contributed by atoms with van der Waals surface area (Å²) in [5.41, 5.74) is 1.37. The fourth-order valence-corrected chi connectivity index (χ4v) is 11.8. The number of ether oxygens (including phenoxy) is 2. The van der Waals surface area contributed by atoms with Crippen molar-refractivity contribution in [3.05, 3.63) is 44.6 Å². The van der Waals surface area contributed by atoms with Crippen molar-refractivity contribution in [1.82, 2.24) is 0 Å². The first kappa shape index (κ1) is 22.7. The van der Waals surface area contributed by atoms with E-state index in [4.69, 9.17) is 21.1 Å². The fourth-order valence-electron chi connectivity index (χ4n) is 10.6. The van der Waals surface area contributed by atoms with Crippen molar-refractivity contribution in [2.24, 2.45) is 28.6 Å². The fraction of sp³-hybridized carbons (Fsp3) is 0.667. The molecule has 5 fully saturated rings. The maximum Gasteiger partial charge on any atom is 0.165 e. The number of hydrogen-bond acceptors (Lipinski definition) is 5. The number of aromatic hydroxyl groups is 1. The SMILES string of the molecule is CO[C@]12CC[C@@]3(C[C@]1(C)[C@H](O)c1ccc(Cl)s1)[C@H]1Cc4ccc(O)c5c4[C@@]3(CCC1CC1CC1)[C@H]2O5. The average molecular weight is 527 g/mol. The van der Waals surface area contributed by atoms with Gasteiger partial charge in [0.15, 0.2) is 11.5 Å². The molecule has 1 unspecified atom stereocenters. The van der Waals surface area contributed by atoms with E-state index < -0.39 is 17.1 Å². The Balaban J connectivity index is 1.37. The maximum absolute atomic E-state index is 12.1. The predicted molar refractivity (Wildman–Crippen MR) is 140 cm³/mol. The molecule has 6 aliphatic carbocycles. The lowest BCUT2D eigenvalue weighted by molar-refractivity contribution is -0.326. The van der Waals surface area contributed by atoms with Gasteiger partial charge in [0.2, 0.25) is 0 Å². The number of aliphatic hydroxyl groups is 1. The van der Waals surface area contributed by atoms with Crippen LogP contribution in [0.3, 0.4) is 0 Å². The van der Waals surface area contributed by atoms with Crippen molar-refractivity contribution in [2.75, 3.05) is 7.11 Å². The summed E-state index contributed by atoms with van der Waals surface area (Å²) in [5.74, 6) is 3.16. The number of benzene rings is 1. The summed E-state index contributed by atoms with van der Waals surface area (Å²) in [6.07, 6.45) is 9.53. The zero-order chi connectivity index (χ0) is 24.7. The second kappa shape index (κ2) is 7.02. The van der Waals surface area contributed by atoms with Crippen LogP contribution in [0, 0.1) is 28.6 Å². The summed E-state index contributed by atoms with van der Waals surface area (Å²) in [5, 5.41) is 23.1. The summed E-state index contributed by atoms with van der Waals surface area (Å²) >= 11 is 7.81. The Morgan fingerprint density at radius 2 is 2.00 bits per heavy atom. The van der Waals surface area contributed by atoms with Crippen LogP contribution in [0.4, 0.5) is 0 Å². The van der Waals surface area contributed by atoms with Crippen molar-refractivity contribution < 1.29 is 19.7 Å². The van der Waals surface area contributed by atoms with E-state index in [0.717, 1.165) is 48.8 Å². The molecule has 7 aliphatic rings. The number of rotatable bonds is 5. The molecule has 2 aromatic rings. The van der Waals surface area contributed by atoms with Crippen LogP contribution in [0.1, 0.15) is 80.4 Å². The van der Waals surface area contributed by atoms with Gasteiger partial charge in [0.25, 0.3) is 0 Å². The molecule has 36 heavy (non-hydrogen) atoms. The highest BCUT2D eigenvalue weighted by Crippen LogP contribution is 2.82. The van der Waals surface area contributed by atoms with Gasteiger partial charge < -0.3 is 19.7 Å². The van der Waals surface area contributed by atoms with Crippen LogP contribution in [0.5, 0.6) is 11.5 Å². The number of aliphatic hydroxyl groups excluding tert-OH is 1. The highest BCUT2D eigenvalue weighted by Gasteiger charge is 2.83. The molecule has 0 saturated heterocycles. The Morgan fingerprint density at radius 3 is 2.72 bits per heavy atom. The topological polar surface area (TPSA) is 58.9 Å². The second-order valence-electron chi connectivity index (χ2n) is 13.1. The molecule has 1 aromatic heterocycles. The minimum absolute atomic E-state index is 0.0403. The first-order valence-corrected chi connectivity index (χ1v) is 15.0. The quantitative estimate of drug-likeness (QED) is 0.450. The van der Waals surface area contributed by atoms with Crippen LogP contribution in [-0.4, -0.2) is 29.0 Å². The molecule has 6 heteroatoms. The number of methoxy groups -OCH3 is 1. The first-order chi connectivity index (χ1) is 17.3. The summed E-state index contributed by atoms with van der Waals surface area (Å²) in [4.78, 5) is 0.909. The van der Waals surface area contributed by atoms with Gasteiger partial charge in [-0.05, 0) is 91.9 Å². The maximum atomic E-state index is 12.1. The Kier molecular flexibility index (Phi) is 4.43. The van der Waals surface area contributed by atoms with Gasteiger partial charge >= 0.3 is 0 Å². The number of phenolic OH excluding ortho intramolecular Hbond substituents is 1. The molecule has 4 nitrogen and oxygen atoms in total.